The van der Waals surface area contributed by atoms with Crippen molar-refractivity contribution in [2.24, 2.45) is 0 Å². The summed E-state index contributed by atoms with van der Waals surface area (Å²) in [6.45, 7) is 5.02. The highest BCUT2D eigenvalue weighted by molar-refractivity contribution is 5.98. The van der Waals surface area contributed by atoms with Crippen LogP contribution in [0.15, 0.2) is 61.6 Å². The maximum Gasteiger partial charge on any atom is 0.246 e. The third-order valence-electron chi connectivity index (χ3n) is 6.22. The Morgan fingerprint density at radius 3 is 2.94 bits per heavy atom. The number of anilines is 1. The molecule has 0 spiro atoms. The summed E-state index contributed by atoms with van der Waals surface area (Å²) >= 11 is 0. The zero-order valence-electron chi connectivity index (χ0n) is 19.5. The number of benzene rings is 1. The number of hydrogen-bond donors (Lipinski definition) is 1. The van der Waals surface area contributed by atoms with E-state index in [9.17, 15) is 10.1 Å². The molecule has 4 heterocycles. The summed E-state index contributed by atoms with van der Waals surface area (Å²) in [7, 11) is 0. The van der Waals surface area contributed by atoms with Crippen LogP contribution in [0.1, 0.15) is 30.1 Å². The van der Waals surface area contributed by atoms with Crippen molar-refractivity contribution in [2.75, 3.05) is 18.8 Å². The molecular formula is C26H24N8O2. The molecule has 1 aliphatic heterocycles. The van der Waals surface area contributed by atoms with Crippen molar-refractivity contribution in [3.05, 3.63) is 72.8 Å². The number of ether oxygens (including phenoxy) is 1. The second-order valence-corrected chi connectivity index (χ2v) is 8.47. The van der Waals surface area contributed by atoms with Gasteiger partial charge in [-0.2, -0.15) is 10.4 Å². The Balaban J connectivity index is 1.51. The van der Waals surface area contributed by atoms with E-state index in [1.807, 2.05) is 28.9 Å². The summed E-state index contributed by atoms with van der Waals surface area (Å²) in [6.07, 6.45) is 6.10. The Morgan fingerprint density at radius 1 is 1.28 bits per heavy atom. The third-order valence-corrected chi connectivity index (χ3v) is 6.22. The Bertz CT molecular complexity index is 1470. The minimum Gasteiger partial charge on any atom is -0.486 e. The van der Waals surface area contributed by atoms with E-state index in [1.165, 1.54) is 12.4 Å². The molecule has 10 heteroatoms. The largest absolute Gasteiger partial charge is 0.486 e. The van der Waals surface area contributed by atoms with E-state index in [1.54, 1.807) is 23.2 Å². The number of piperidine rings is 1. The normalized spacial score (nSPS) is 15.4. The standard InChI is InChI=1S/C26H24N8O2/c1-2-22(35)33-11-5-7-20(14-33)34-26-23(25(28)30-16-31-26)24(32-34)17-8-9-21(18(12-17)13-27)36-15-19-6-3-4-10-29-19/h2-4,6,8-10,12,16,20H,1,5,7,11,14-15H2,(H2,28,30,31). The topological polar surface area (TPSA) is 136 Å². The molecule has 10 nitrogen and oxygen atoms in total. The fourth-order valence-corrected chi connectivity index (χ4v) is 4.46. The molecule has 5 rings (SSSR count). The number of nitriles is 1. The fourth-order valence-electron chi connectivity index (χ4n) is 4.46. The molecule has 1 saturated heterocycles. The molecule has 0 radical (unpaired) electrons. The van der Waals surface area contributed by atoms with Crippen molar-refractivity contribution in [3.63, 3.8) is 0 Å². The molecule has 3 aromatic heterocycles. The van der Waals surface area contributed by atoms with Gasteiger partial charge in [0.1, 0.15) is 36.3 Å². The molecule has 1 atom stereocenters. The summed E-state index contributed by atoms with van der Waals surface area (Å²) in [5, 5.41) is 15.3. The van der Waals surface area contributed by atoms with Gasteiger partial charge >= 0.3 is 0 Å². The Hall–Kier alpha value is -4.78. The minimum atomic E-state index is -0.106. The van der Waals surface area contributed by atoms with Gasteiger partial charge in [-0.05, 0) is 49.2 Å². The highest BCUT2D eigenvalue weighted by Crippen LogP contribution is 2.35. The zero-order chi connectivity index (χ0) is 25.1. The first-order valence-corrected chi connectivity index (χ1v) is 11.6. The van der Waals surface area contributed by atoms with E-state index < -0.39 is 0 Å². The lowest BCUT2D eigenvalue weighted by atomic mass is 10.1. The van der Waals surface area contributed by atoms with Crippen molar-refractivity contribution in [3.8, 4) is 23.1 Å². The van der Waals surface area contributed by atoms with E-state index in [0.717, 1.165) is 18.5 Å². The molecule has 36 heavy (non-hydrogen) atoms. The van der Waals surface area contributed by atoms with Crippen molar-refractivity contribution < 1.29 is 9.53 Å². The van der Waals surface area contributed by atoms with Crippen LogP contribution in [0.3, 0.4) is 0 Å². The van der Waals surface area contributed by atoms with Gasteiger partial charge < -0.3 is 15.4 Å². The number of fused-ring (bicyclic) bond motifs is 1. The van der Waals surface area contributed by atoms with Crippen molar-refractivity contribution in [2.45, 2.75) is 25.5 Å². The number of likely N-dealkylation sites (tertiary alicyclic amines) is 1. The number of carbonyl (C=O) groups is 1. The minimum absolute atomic E-state index is 0.0791. The molecular weight excluding hydrogens is 456 g/mol. The molecule has 0 saturated carbocycles. The van der Waals surface area contributed by atoms with E-state index in [0.29, 0.717) is 52.5 Å². The van der Waals surface area contributed by atoms with Gasteiger partial charge in [0.25, 0.3) is 0 Å². The summed E-state index contributed by atoms with van der Waals surface area (Å²) in [6, 6.07) is 13.0. The van der Waals surface area contributed by atoms with Crippen molar-refractivity contribution in [1.29, 1.82) is 5.26 Å². The maximum absolute atomic E-state index is 12.2. The van der Waals surface area contributed by atoms with Crippen molar-refractivity contribution >= 4 is 22.8 Å². The number of aromatic nitrogens is 5. The van der Waals surface area contributed by atoms with Gasteiger partial charge in [-0.1, -0.05) is 12.6 Å². The lowest BCUT2D eigenvalue weighted by Crippen LogP contribution is -2.40. The van der Waals surface area contributed by atoms with E-state index in [4.69, 9.17) is 15.6 Å². The number of rotatable bonds is 6. The van der Waals surface area contributed by atoms with Crippen LogP contribution in [-0.2, 0) is 11.4 Å². The molecule has 0 aliphatic carbocycles. The quantitative estimate of drug-likeness (QED) is 0.415. The number of carbonyl (C=O) groups excluding carboxylic acids is 1. The van der Waals surface area contributed by atoms with Gasteiger partial charge in [0, 0.05) is 24.8 Å². The average molecular weight is 481 g/mol. The predicted molar refractivity (Wildman–Crippen MR) is 134 cm³/mol. The SMILES string of the molecule is C=CC(=O)N1CCCC(n2nc(-c3ccc(OCc4ccccn4)c(C#N)c3)c3c(N)ncnc32)C1. The van der Waals surface area contributed by atoms with Crippen LogP contribution >= 0.6 is 0 Å². The van der Waals surface area contributed by atoms with Gasteiger partial charge in [-0.15, -0.1) is 0 Å². The van der Waals surface area contributed by atoms with Gasteiger partial charge in [0.2, 0.25) is 5.91 Å². The Labute approximate surface area is 207 Å². The number of hydrogen-bond acceptors (Lipinski definition) is 8. The predicted octanol–water partition coefficient (Wildman–Crippen LogP) is 3.27. The number of pyridine rings is 1. The lowest BCUT2D eigenvalue weighted by Gasteiger charge is -2.32. The third kappa shape index (κ3) is 4.34. The first kappa shape index (κ1) is 23.0. The molecule has 180 valence electrons. The molecule has 1 amide bonds. The van der Waals surface area contributed by atoms with Gasteiger partial charge in [-0.3, -0.25) is 9.78 Å². The van der Waals surface area contributed by atoms with E-state index >= 15 is 0 Å². The van der Waals surface area contributed by atoms with Crippen LogP contribution in [0.4, 0.5) is 5.82 Å². The number of nitrogen functional groups attached to an aromatic ring is 1. The van der Waals surface area contributed by atoms with Crippen LogP contribution < -0.4 is 10.5 Å². The number of amides is 1. The lowest BCUT2D eigenvalue weighted by molar-refractivity contribution is -0.127. The molecule has 0 bridgehead atoms. The second kappa shape index (κ2) is 9.84. The molecule has 2 N–H and O–H groups in total. The number of nitrogens with two attached hydrogens (primary N) is 1. The summed E-state index contributed by atoms with van der Waals surface area (Å²) < 4.78 is 7.68. The van der Waals surface area contributed by atoms with Gasteiger partial charge in [0.15, 0.2) is 5.65 Å². The first-order valence-electron chi connectivity index (χ1n) is 11.6. The Kier molecular flexibility index (Phi) is 6.28. The van der Waals surface area contributed by atoms with E-state index in [2.05, 4.69) is 27.6 Å². The molecule has 1 aromatic carbocycles. The summed E-state index contributed by atoms with van der Waals surface area (Å²) in [4.78, 5) is 26.9. The van der Waals surface area contributed by atoms with Crippen LogP contribution in [0, 0.1) is 11.3 Å². The summed E-state index contributed by atoms with van der Waals surface area (Å²) in [5.74, 6) is 0.640. The van der Waals surface area contributed by atoms with Crippen LogP contribution in [-0.4, -0.2) is 48.6 Å². The molecule has 4 aromatic rings. The Morgan fingerprint density at radius 2 is 2.17 bits per heavy atom. The molecule has 1 aliphatic rings. The number of nitrogens with zero attached hydrogens (tertiary/aromatic N) is 7. The first-order chi connectivity index (χ1) is 17.6. The molecule has 1 fully saturated rings. The molecule has 1 unspecified atom stereocenters. The average Bonchev–Trinajstić information content (AvgIpc) is 3.33. The highest BCUT2D eigenvalue weighted by Gasteiger charge is 2.28. The van der Waals surface area contributed by atoms with E-state index in [-0.39, 0.29) is 18.6 Å². The van der Waals surface area contributed by atoms with Crippen LogP contribution in [0.5, 0.6) is 5.75 Å². The van der Waals surface area contributed by atoms with Gasteiger partial charge in [0.05, 0.1) is 22.7 Å². The monoisotopic (exact) mass is 480 g/mol. The smallest absolute Gasteiger partial charge is 0.246 e. The second-order valence-electron chi connectivity index (χ2n) is 8.47. The van der Waals surface area contributed by atoms with Gasteiger partial charge in [-0.25, -0.2) is 14.6 Å². The maximum atomic E-state index is 12.2. The zero-order valence-corrected chi connectivity index (χ0v) is 19.5. The van der Waals surface area contributed by atoms with Crippen LogP contribution in [0.2, 0.25) is 0 Å². The fraction of sp³-hybridized carbons (Fsp3) is 0.231. The van der Waals surface area contributed by atoms with Crippen LogP contribution in [0.25, 0.3) is 22.3 Å². The highest BCUT2D eigenvalue weighted by atomic mass is 16.5. The van der Waals surface area contributed by atoms with Crippen molar-refractivity contribution in [1.82, 2.24) is 29.6 Å². The summed E-state index contributed by atoms with van der Waals surface area (Å²) in [5.41, 5.74) is 9.24.